The predicted molar refractivity (Wildman–Crippen MR) is 142 cm³/mol. The van der Waals surface area contributed by atoms with Crippen LogP contribution in [0.25, 0.3) is 0 Å². The summed E-state index contributed by atoms with van der Waals surface area (Å²) in [7, 11) is 0. The SMILES string of the molecule is CCCCCCC(C)(C)c1cc(O)cc(OCCCCCCCCCCCC(=O)NCCO)c1. The van der Waals surface area contributed by atoms with Crippen molar-refractivity contribution >= 4 is 5.91 Å². The molecule has 1 amide bonds. The molecule has 196 valence electrons. The number of unbranched alkanes of at least 4 members (excludes halogenated alkanes) is 11. The van der Waals surface area contributed by atoms with Crippen molar-refractivity contribution in [3.8, 4) is 11.5 Å². The van der Waals surface area contributed by atoms with Gasteiger partial charge in [-0.15, -0.1) is 0 Å². The zero-order valence-corrected chi connectivity index (χ0v) is 22.2. The van der Waals surface area contributed by atoms with Crippen LogP contribution in [-0.4, -0.2) is 35.9 Å². The monoisotopic (exact) mass is 477 g/mol. The Labute approximate surface area is 208 Å². The van der Waals surface area contributed by atoms with Crippen LogP contribution in [0.1, 0.15) is 123 Å². The van der Waals surface area contributed by atoms with Crippen LogP contribution in [0.15, 0.2) is 18.2 Å². The number of amides is 1. The number of ether oxygens (including phenoxy) is 1. The molecule has 0 heterocycles. The lowest BCUT2D eigenvalue weighted by Crippen LogP contribution is -2.25. The van der Waals surface area contributed by atoms with Gasteiger partial charge in [-0.2, -0.15) is 0 Å². The molecule has 0 fully saturated rings. The summed E-state index contributed by atoms with van der Waals surface area (Å²) in [6.45, 7) is 7.81. The molecule has 34 heavy (non-hydrogen) atoms. The number of nitrogens with one attached hydrogen (secondary N) is 1. The molecule has 1 aromatic rings. The minimum Gasteiger partial charge on any atom is -0.508 e. The lowest BCUT2D eigenvalue weighted by atomic mass is 9.80. The van der Waals surface area contributed by atoms with E-state index in [1.807, 2.05) is 6.07 Å². The molecule has 1 aromatic carbocycles. The maximum atomic E-state index is 11.4. The van der Waals surface area contributed by atoms with Crippen LogP contribution in [0.3, 0.4) is 0 Å². The molecule has 0 bridgehead atoms. The van der Waals surface area contributed by atoms with Crippen LogP contribution in [0.4, 0.5) is 0 Å². The normalized spacial score (nSPS) is 11.5. The first-order valence-electron chi connectivity index (χ1n) is 13.7. The highest BCUT2D eigenvalue weighted by Crippen LogP contribution is 2.34. The van der Waals surface area contributed by atoms with Gasteiger partial charge in [0, 0.05) is 19.0 Å². The van der Waals surface area contributed by atoms with Gasteiger partial charge >= 0.3 is 0 Å². The molecule has 0 atom stereocenters. The highest BCUT2D eigenvalue weighted by atomic mass is 16.5. The second-order valence-electron chi connectivity index (χ2n) is 10.3. The molecule has 5 heteroatoms. The Kier molecular flexibility index (Phi) is 16.5. The van der Waals surface area contributed by atoms with Crippen LogP contribution >= 0.6 is 0 Å². The standard InChI is InChI=1S/C29H51NO4/c1-4-5-6-15-18-29(2,3)25-22-26(32)24-27(23-25)34-21-16-13-11-9-7-8-10-12-14-17-28(33)30-19-20-31/h22-24,31-32H,4-21H2,1-3H3,(H,30,33). The number of hydrogen-bond acceptors (Lipinski definition) is 4. The van der Waals surface area contributed by atoms with E-state index in [0.717, 1.165) is 37.0 Å². The van der Waals surface area contributed by atoms with Gasteiger partial charge in [-0.3, -0.25) is 4.79 Å². The van der Waals surface area contributed by atoms with Crippen molar-refractivity contribution in [3.05, 3.63) is 23.8 Å². The number of hydrogen-bond donors (Lipinski definition) is 3. The number of benzene rings is 1. The molecule has 0 aliphatic rings. The van der Waals surface area contributed by atoms with Crippen molar-refractivity contribution in [3.63, 3.8) is 0 Å². The van der Waals surface area contributed by atoms with E-state index in [9.17, 15) is 9.90 Å². The molecular weight excluding hydrogens is 426 g/mol. The van der Waals surface area contributed by atoms with Crippen molar-refractivity contribution in [2.24, 2.45) is 0 Å². The number of carbonyl (C=O) groups is 1. The lowest BCUT2D eigenvalue weighted by molar-refractivity contribution is -0.121. The maximum Gasteiger partial charge on any atom is 0.220 e. The highest BCUT2D eigenvalue weighted by molar-refractivity contribution is 5.75. The van der Waals surface area contributed by atoms with Crippen molar-refractivity contribution < 1.29 is 19.7 Å². The van der Waals surface area contributed by atoms with E-state index in [2.05, 4.69) is 32.2 Å². The van der Waals surface area contributed by atoms with Crippen LogP contribution in [-0.2, 0) is 10.2 Å². The van der Waals surface area contributed by atoms with Crippen LogP contribution in [0.5, 0.6) is 11.5 Å². The molecule has 0 spiro atoms. The third-order valence-electron chi connectivity index (χ3n) is 6.58. The van der Waals surface area contributed by atoms with E-state index in [1.165, 1.54) is 64.2 Å². The number of aliphatic hydroxyl groups is 1. The molecule has 0 radical (unpaired) electrons. The zero-order chi connectivity index (χ0) is 25.1. The van der Waals surface area contributed by atoms with Gasteiger partial charge in [0.2, 0.25) is 5.91 Å². The van der Waals surface area contributed by atoms with Crippen LogP contribution in [0.2, 0.25) is 0 Å². The van der Waals surface area contributed by atoms with Crippen molar-refractivity contribution in [1.29, 1.82) is 0 Å². The van der Waals surface area contributed by atoms with E-state index >= 15 is 0 Å². The molecule has 0 saturated heterocycles. The van der Waals surface area contributed by atoms with Gasteiger partial charge in [-0.05, 0) is 42.4 Å². The first-order valence-corrected chi connectivity index (χ1v) is 13.7. The fraction of sp³-hybridized carbons (Fsp3) is 0.759. The molecule has 5 nitrogen and oxygen atoms in total. The van der Waals surface area contributed by atoms with Gasteiger partial charge in [0.1, 0.15) is 11.5 Å². The molecule has 3 N–H and O–H groups in total. The third-order valence-corrected chi connectivity index (χ3v) is 6.58. The summed E-state index contributed by atoms with van der Waals surface area (Å²) in [6, 6.07) is 5.72. The number of carbonyl (C=O) groups excluding carboxylic acids is 1. The summed E-state index contributed by atoms with van der Waals surface area (Å²) in [5.74, 6) is 1.12. The third kappa shape index (κ3) is 14.5. The molecule has 0 aliphatic carbocycles. The second kappa shape index (κ2) is 18.6. The van der Waals surface area contributed by atoms with Gasteiger partial charge in [0.15, 0.2) is 0 Å². The zero-order valence-electron chi connectivity index (χ0n) is 22.2. The first-order chi connectivity index (χ1) is 16.4. The van der Waals surface area contributed by atoms with Gasteiger partial charge in [0.25, 0.3) is 0 Å². The lowest BCUT2D eigenvalue weighted by Gasteiger charge is -2.26. The summed E-state index contributed by atoms with van der Waals surface area (Å²) in [6.07, 6.45) is 17.1. The summed E-state index contributed by atoms with van der Waals surface area (Å²) >= 11 is 0. The number of aliphatic hydroxyl groups excluding tert-OH is 1. The van der Waals surface area contributed by atoms with Crippen molar-refractivity contribution in [1.82, 2.24) is 5.32 Å². The molecule has 1 rings (SSSR count). The number of phenols is 1. The van der Waals surface area contributed by atoms with Gasteiger partial charge in [-0.1, -0.05) is 91.4 Å². The van der Waals surface area contributed by atoms with Crippen LogP contribution < -0.4 is 10.1 Å². The smallest absolute Gasteiger partial charge is 0.220 e. The first kappa shape index (κ1) is 30.3. The van der Waals surface area contributed by atoms with Crippen molar-refractivity contribution in [2.45, 2.75) is 122 Å². The maximum absolute atomic E-state index is 11.4. The molecular formula is C29H51NO4. The van der Waals surface area contributed by atoms with E-state index in [-0.39, 0.29) is 17.9 Å². The van der Waals surface area contributed by atoms with Gasteiger partial charge in [0.05, 0.1) is 13.2 Å². The van der Waals surface area contributed by atoms with E-state index in [0.29, 0.717) is 25.3 Å². The quantitative estimate of drug-likeness (QED) is 0.166. The van der Waals surface area contributed by atoms with Gasteiger partial charge < -0.3 is 20.3 Å². The molecule has 0 aromatic heterocycles. The minimum atomic E-state index is 0.00619. The molecule has 0 saturated carbocycles. The summed E-state index contributed by atoms with van der Waals surface area (Å²) in [4.78, 5) is 11.4. The Bertz CT molecular complexity index is 660. The summed E-state index contributed by atoms with van der Waals surface area (Å²) in [5.41, 5.74) is 1.20. The summed E-state index contributed by atoms with van der Waals surface area (Å²) < 4.78 is 5.97. The van der Waals surface area contributed by atoms with E-state index in [4.69, 9.17) is 9.84 Å². The van der Waals surface area contributed by atoms with E-state index < -0.39 is 0 Å². The topological polar surface area (TPSA) is 78.8 Å². The van der Waals surface area contributed by atoms with Crippen LogP contribution in [0, 0.1) is 0 Å². The minimum absolute atomic E-state index is 0.00619. The van der Waals surface area contributed by atoms with Gasteiger partial charge in [-0.25, -0.2) is 0 Å². The fourth-order valence-electron chi connectivity index (χ4n) is 4.29. The average molecular weight is 478 g/mol. The summed E-state index contributed by atoms with van der Waals surface area (Å²) in [5, 5.41) is 21.6. The predicted octanol–water partition coefficient (Wildman–Crippen LogP) is 7.03. The fourth-order valence-corrected chi connectivity index (χ4v) is 4.29. The molecule has 0 unspecified atom stereocenters. The Balaban J connectivity index is 2.13. The molecule has 0 aliphatic heterocycles. The Morgan fingerprint density at radius 2 is 1.50 bits per heavy atom. The highest BCUT2D eigenvalue weighted by Gasteiger charge is 2.21. The number of phenolic OH excluding ortho intramolecular Hbond substituents is 1. The second-order valence-corrected chi connectivity index (χ2v) is 10.3. The Morgan fingerprint density at radius 1 is 0.882 bits per heavy atom. The number of aromatic hydroxyl groups is 1. The Morgan fingerprint density at radius 3 is 2.15 bits per heavy atom. The van der Waals surface area contributed by atoms with E-state index in [1.54, 1.807) is 6.07 Å². The Hall–Kier alpha value is -1.75. The largest absolute Gasteiger partial charge is 0.508 e. The number of rotatable bonds is 21. The average Bonchev–Trinajstić information content (AvgIpc) is 2.81. The van der Waals surface area contributed by atoms with Crippen molar-refractivity contribution in [2.75, 3.05) is 19.8 Å².